The lowest BCUT2D eigenvalue weighted by atomic mass is 9.82. The van der Waals surface area contributed by atoms with E-state index in [0.29, 0.717) is 0 Å². The Hall–Kier alpha value is -1.37. The molecule has 1 aromatic rings. The molecule has 0 N–H and O–H groups in total. The first-order valence-corrected chi connectivity index (χ1v) is 5.43. The minimum atomic E-state index is 0.170. The van der Waals surface area contributed by atoms with Crippen molar-refractivity contribution in [2.24, 2.45) is 10.4 Å². The highest BCUT2D eigenvalue weighted by Crippen LogP contribution is 2.37. The zero-order chi connectivity index (χ0) is 10.9. The van der Waals surface area contributed by atoms with Crippen molar-refractivity contribution in [1.82, 2.24) is 0 Å². The largest absolute Gasteiger partial charge is 0.257 e. The predicted octanol–water partition coefficient (Wildman–Crippen LogP) is 3.81. The van der Waals surface area contributed by atoms with Crippen LogP contribution in [0.2, 0.25) is 0 Å². The fourth-order valence-electron chi connectivity index (χ4n) is 2.09. The van der Waals surface area contributed by atoms with Gasteiger partial charge < -0.3 is 0 Å². The molecule has 0 amide bonds. The molecule has 78 valence electrons. The molecule has 0 atom stereocenters. The normalized spacial score (nSPS) is 21.8. The van der Waals surface area contributed by atoms with Gasteiger partial charge >= 0.3 is 0 Å². The topological polar surface area (TPSA) is 12.4 Å². The van der Waals surface area contributed by atoms with Crippen molar-refractivity contribution < 1.29 is 0 Å². The summed E-state index contributed by atoms with van der Waals surface area (Å²) < 4.78 is 0. The van der Waals surface area contributed by atoms with E-state index in [-0.39, 0.29) is 5.41 Å². The van der Waals surface area contributed by atoms with E-state index in [4.69, 9.17) is 4.99 Å². The minimum Gasteiger partial charge on any atom is -0.257 e. The third-order valence-corrected chi connectivity index (χ3v) is 2.90. The Labute approximate surface area is 91.6 Å². The average molecular weight is 199 g/mol. The van der Waals surface area contributed by atoms with E-state index in [1.807, 2.05) is 6.07 Å². The van der Waals surface area contributed by atoms with E-state index in [0.717, 1.165) is 6.42 Å². The molecule has 1 nitrogen and oxygen atoms in total. The highest BCUT2D eigenvalue weighted by Gasteiger charge is 2.32. The van der Waals surface area contributed by atoms with Crippen LogP contribution >= 0.6 is 0 Å². The summed E-state index contributed by atoms with van der Waals surface area (Å²) in [5, 5.41) is 0. The third kappa shape index (κ3) is 1.87. The van der Waals surface area contributed by atoms with Crippen LogP contribution in [-0.2, 0) is 0 Å². The summed E-state index contributed by atoms with van der Waals surface area (Å²) in [6, 6.07) is 10.5. The van der Waals surface area contributed by atoms with Gasteiger partial charge in [-0.1, -0.05) is 50.3 Å². The summed E-state index contributed by atoms with van der Waals surface area (Å²) in [6.07, 6.45) is 3.16. The van der Waals surface area contributed by atoms with Gasteiger partial charge in [-0.2, -0.15) is 0 Å². The molecular formula is C14H17N. The predicted molar refractivity (Wildman–Crippen MR) is 65.1 cm³/mol. The van der Waals surface area contributed by atoms with E-state index in [1.165, 1.54) is 17.0 Å². The SMILES string of the molecule is CC=C1CC(C)(C)C(c2ccccc2)=N1. The summed E-state index contributed by atoms with van der Waals surface area (Å²) in [7, 11) is 0. The monoisotopic (exact) mass is 199 g/mol. The maximum absolute atomic E-state index is 4.71. The van der Waals surface area contributed by atoms with Crippen molar-refractivity contribution in [2.45, 2.75) is 27.2 Å². The Morgan fingerprint density at radius 1 is 1.20 bits per heavy atom. The molecule has 1 heterocycles. The summed E-state index contributed by atoms with van der Waals surface area (Å²) >= 11 is 0. The number of benzene rings is 1. The Balaban J connectivity index is 2.45. The van der Waals surface area contributed by atoms with Crippen LogP contribution in [0.4, 0.5) is 0 Å². The van der Waals surface area contributed by atoms with Crippen molar-refractivity contribution in [3.05, 3.63) is 47.7 Å². The molecule has 0 saturated heterocycles. The smallest absolute Gasteiger partial charge is 0.0539 e. The Bertz CT molecular complexity index is 410. The summed E-state index contributed by atoms with van der Waals surface area (Å²) in [4.78, 5) is 4.71. The van der Waals surface area contributed by atoms with E-state index in [1.54, 1.807) is 0 Å². The first-order chi connectivity index (χ1) is 7.13. The van der Waals surface area contributed by atoms with Crippen LogP contribution in [0.3, 0.4) is 0 Å². The molecule has 1 heteroatoms. The maximum atomic E-state index is 4.71. The van der Waals surface area contributed by atoms with Crippen LogP contribution in [0.15, 0.2) is 47.1 Å². The molecule has 0 fully saturated rings. The number of rotatable bonds is 1. The van der Waals surface area contributed by atoms with Crippen LogP contribution in [-0.4, -0.2) is 5.71 Å². The van der Waals surface area contributed by atoms with E-state index in [2.05, 4.69) is 51.1 Å². The number of allylic oxidation sites excluding steroid dienone is 2. The second-order valence-electron chi connectivity index (χ2n) is 4.67. The van der Waals surface area contributed by atoms with Crippen molar-refractivity contribution >= 4 is 5.71 Å². The van der Waals surface area contributed by atoms with Gasteiger partial charge in [-0.3, -0.25) is 4.99 Å². The number of hydrogen-bond donors (Lipinski definition) is 0. The lowest BCUT2D eigenvalue weighted by Gasteiger charge is -2.19. The number of hydrogen-bond acceptors (Lipinski definition) is 1. The van der Waals surface area contributed by atoms with Crippen LogP contribution < -0.4 is 0 Å². The average Bonchev–Trinajstić information content (AvgIpc) is 2.55. The van der Waals surface area contributed by atoms with E-state index >= 15 is 0 Å². The van der Waals surface area contributed by atoms with Gasteiger partial charge in [0.05, 0.1) is 5.71 Å². The molecule has 15 heavy (non-hydrogen) atoms. The zero-order valence-corrected chi connectivity index (χ0v) is 9.62. The molecule has 0 saturated carbocycles. The van der Waals surface area contributed by atoms with Crippen LogP contribution in [0.5, 0.6) is 0 Å². The van der Waals surface area contributed by atoms with Crippen LogP contribution in [0.1, 0.15) is 32.8 Å². The quantitative estimate of drug-likeness (QED) is 0.652. The molecule has 2 rings (SSSR count). The summed E-state index contributed by atoms with van der Waals surface area (Å²) in [6.45, 7) is 6.58. The molecule has 1 aliphatic heterocycles. The first-order valence-electron chi connectivity index (χ1n) is 5.43. The van der Waals surface area contributed by atoms with Crippen molar-refractivity contribution in [3.63, 3.8) is 0 Å². The van der Waals surface area contributed by atoms with Gasteiger partial charge in [0, 0.05) is 17.5 Å². The van der Waals surface area contributed by atoms with E-state index < -0.39 is 0 Å². The molecule has 0 spiro atoms. The number of nitrogens with zero attached hydrogens (tertiary/aromatic N) is 1. The van der Waals surface area contributed by atoms with Gasteiger partial charge in [-0.25, -0.2) is 0 Å². The van der Waals surface area contributed by atoms with Gasteiger partial charge in [0.2, 0.25) is 0 Å². The standard InChI is InChI=1S/C14H17N/c1-4-12-10-14(2,3)13(15-12)11-8-6-5-7-9-11/h4-9H,10H2,1-3H3. The number of aliphatic imine (C=N–C) groups is 1. The minimum absolute atomic E-state index is 0.170. The second-order valence-corrected chi connectivity index (χ2v) is 4.67. The van der Waals surface area contributed by atoms with Crippen molar-refractivity contribution in [3.8, 4) is 0 Å². The molecule has 0 radical (unpaired) electrons. The second kappa shape index (κ2) is 3.65. The van der Waals surface area contributed by atoms with Gasteiger partial charge in [0.25, 0.3) is 0 Å². The molecule has 0 aliphatic carbocycles. The Morgan fingerprint density at radius 3 is 2.40 bits per heavy atom. The van der Waals surface area contributed by atoms with Gasteiger partial charge in [0.1, 0.15) is 0 Å². The molecule has 0 bridgehead atoms. The Morgan fingerprint density at radius 2 is 1.87 bits per heavy atom. The highest BCUT2D eigenvalue weighted by molar-refractivity contribution is 6.06. The van der Waals surface area contributed by atoms with Crippen LogP contribution in [0.25, 0.3) is 0 Å². The molecule has 1 aromatic carbocycles. The van der Waals surface area contributed by atoms with Crippen molar-refractivity contribution in [2.75, 3.05) is 0 Å². The first kappa shape index (κ1) is 10.2. The lowest BCUT2D eigenvalue weighted by Crippen LogP contribution is -2.20. The molecule has 0 aromatic heterocycles. The lowest BCUT2D eigenvalue weighted by molar-refractivity contribution is 0.542. The fourth-order valence-corrected chi connectivity index (χ4v) is 2.09. The van der Waals surface area contributed by atoms with Gasteiger partial charge in [-0.15, -0.1) is 0 Å². The van der Waals surface area contributed by atoms with E-state index in [9.17, 15) is 0 Å². The molecular weight excluding hydrogens is 182 g/mol. The highest BCUT2D eigenvalue weighted by atomic mass is 14.8. The summed E-state index contributed by atoms with van der Waals surface area (Å²) in [5.74, 6) is 0. The van der Waals surface area contributed by atoms with Gasteiger partial charge in [0.15, 0.2) is 0 Å². The third-order valence-electron chi connectivity index (χ3n) is 2.90. The van der Waals surface area contributed by atoms with Crippen molar-refractivity contribution in [1.29, 1.82) is 0 Å². The summed E-state index contributed by atoms with van der Waals surface area (Å²) in [5.41, 5.74) is 3.85. The maximum Gasteiger partial charge on any atom is 0.0539 e. The molecule has 0 unspecified atom stereocenters. The van der Waals surface area contributed by atoms with Crippen LogP contribution in [0, 0.1) is 5.41 Å². The fraction of sp³-hybridized carbons (Fsp3) is 0.357. The van der Waals surface area contributed by atoms with Gasteiger partial charge in [-0.05, 0) is 12.5 Å². The molecule has 1 aliphatic rings. The Kier molecular flexibility index (Phi) is 2.47. The zero-order valence-electron chi connectivity index (χ0n) is 9.62.